The second kappa shape index (κ2) is 5.68. The molecule has 2 fully saturated rings. The van der Waals surface area contributed by atoms with E-state index >= 15 is 0 Å². The SMILES string of the molecule is COc1ncccc1N(C)C(=O)CN1C(=O)C2C3C=CC(C3)C2C1=O. The fourth-order valence-corrected chi connectivity index (χ4v) is 4.29. The molecule has 3 amide bonds. The van der Waals surface area contributed by atoms with Gasteiger partial charge in [-0.15, -0.1) is 0 Å². The second-order valence-corrected chi connectivity index (χ2v) is 6.75. The molecule has 0 aromatic carbocycles. The number of allylic oxidation sites excluding steroid dienone is 2. The molecule has 2 heterocycles. The van der Waals surface area contributed by atoms with Crippen molar-refractivity contribution in [2.45, 2.75) is 6.42 Å². The van der Waals surface area contributed by atoms with Crippen LogP contribution in [0.4, 0.5) is 5.69 Å². The van der Waals surface area contributed by atoms with E-state index in [-0.39, 0.29) is 47.9 Å². The molecule has 1 saturated heterocycles. The van der Waals surface area contributed by atoms with Gasteiger partial charge in [0.05, 0.1) is 18.9 Å². The van der Waals surface area contributed by atoms with E-state index in [1.807, 2.05) is 12.2 Å². The number of rotatable bonds is 4. The van der Waals surface area contributed by atoms with E-state index in [9.17, 15) is 14.4 Å². The molecule has 1 aromatic heterocycles. The number of hydrogen-bond donors (Lipinski definition) is 0. The van der Waals surface area contributed by atoms with Crippen molar-refractivity contribution < 1.29 is 19.1 Å². The standard InChI is InChI=1S/C18H19N3O4/c1-20(12-4-3-7-19-16(12)25-2)13(22)9-21-17(23)14-10-5-6-11(8-10)15(14)18(21)24/h3-7,10-11,14-15H,8-9H2,1-2H3. The number of pyridine rings is 1. The van der Waals surface area contributed by atoms with E-state index in [1.165, 1.54) is 12.0 Å². The van der Waals surface area contributed by atoms with Gasteiger partial charge in [-0.2, -0.15) is 0 Å². The first-order chi connectivity index (χ1) is 12.0. The first-order valence-electron chi connectivity index (χ1n) is 8.32. The molecule has 7 nitrogen and oxygen atoms in total. The minimum atomic E-state index is -0.353. The number of hydrogen-bond acceptors (Lipinski definition) is 5. The smallest absolute Gasteiger partial charge is 0.247 e. The third kappa shape index (κ3) is 2.26. The van der Waals surface area contributed by atoms with Crippen LogP contribution in [0.15, 0.2) is 30.5 Å². The predicted octanol–water partition coefficient (Wildman–Crippen LogP) is 0.860. The van der Waals surface area contributed by atoms with Gasteiger partial charge in [-0.25, -0.2) is 4.98 Å². The molecule has 3 aliphatic rings. The molecule has 4 rings (SSSR count). The van der Waals surface area contributed by atoms with Crippen LogP contribution in [0.3, 0.4) is 0 Å². The Hall–Kier alpha value is -2.70. The number of methoxy groups -OCH3 is 1. The Morgan fingerprint density at radius 3 is 2.52 bits per heavy atom. The molecule has 25 heavy (non-hydrogen) atoms. The molecule has 2 aliphatic carbocycles. The van der Waals surface area contributed by atoms with Gasteiger partial charge in [0.2, 0.25) is 23.6 Å². The fraction of sp³-hybridized carbons (Fsp3) is 0.444. The number of imide groups is 1. The van der Waals surface area contributed by atoms with Crippen LogP contribution in [0.25, 0.3) is 0 Å². The van der Waals surface area contributed by atoms with Crippen LogP contribution in [-0.4, -0.2) is 48.3 Å². The monoisotopic (exact) mass is 341 g/mol. The normalized spacial score (nSPS) is 29.3. The summed E-state index contributed by atoms with van der Waals surface area (Å²) in [6.45, 7) is -0.251. The van der Waals surface area contributed by atoms with E-state index < -0.39 is 0 Å². The van der Waals surface area contributed by atoms with Gasteiger partial charge in [0.25, 0.3) is 0 Å². The lowest BCUT2D eigenvalue weighted by Crippen LogP contribution is -2.42. The van der Waals surface area contributed by atoms with Gasteiger partial charge in [0.1, 0.15) is 12.2 Å². The highest BCUT2D eigenvalue weighted by atomic mass is 16.5. The first kappa shape index (κ1) is 15.8. The highest BCUT2D eigenvalue weighted by Gasteiger charge is 2.59. The zero-order valence-electron chi connectivity index (χ0n) is 14.1. The van der Waals surface area contributed by atoms with Crippen molar-refractivity contribution in [1.29, 1.82) is 0 Å². The van der Waals surface area contributed by atoms with Gasteiger partial charge in [-0.1, -0.05) is 12.2 Å². The number of carbonyl (C=O) groups is 3. The Balaban J connectivity index is 1.52. The van der Waals surface area contributed by atoms with Crippen molar-refractivity contribution in [1.82, 2.24) is 9.88 Å². The molecule has 0 N–H and O–H groups in total. The molecule has 2 bridgehead atoms. The Bertz CT molecular complexity index is 760. The van der Waals surface area contributed by atoms with E-state index in [4.69, 9.17) is 4.74 Å². The van der Waals surface area contributed by atoms with Gasteiger partial charge in [0.15, 0.2) is 0 Å². The van der Waals surface area contributed by atoms with Crippen LogP contribution >= 0.6 is 0 Å². The van der Waals surface area contributed by atoms with Crippen LogP contribution in [0.5, 0.6) is 5.88 Å². The lowest BCUT2D eigenvalue weighted by atomic mass is 9.85. The summed E-state index contributed by atoms with van der Waals surface area (Å²) in [5.41, 5.74) is 0.496. The number of nitrogens with zero attached hydrogens (tertiary/aromatic N) is 3. The third-order valence-electron chi connectivity index (χ3n) is 5.53. The number of amides is 3. The van der Waals surface area contributed by atoms with Crippen molar-refractivity contribution >= 4 is 23.4 Å². The number of aromatic nitrogens is 1. The number of ether oxygens (including phenoxy) is 1. The molecule has 7 heteroatoms. The Labute approximate surface area is 145 Å². The third-order valence-corrected chi connectivity index (χ3v) is 5.53. The van der Waals surface area contributed by atoms with Crippen molar-refractivity contribution in [3.05, 3.63) is 30.5 Å². The lowest BCUT2D eigenvalue weighted by Gasteiger charge is -2.22. The summed E-state index contributed by atoms with van der Waals surface area (Å²) in [7, 11) is 3.06. The second-order valence-electron chi connectivity index (χ2n) is 6.75. The van der Waals surface area contributed by atoms with Crippen LogP contribution in [0.2, 0.25) is 0 Å². The molecular weight excluding hydrogens is 322 g/mol. The fourth-order valence-electron chi connectivity index (χ4n) is 4.29. The molecule has 4 unspecified atom stereocenters. The topological polar surface area (TPSA) is 79.8 Å². The lowest BCUT2D eigenvalue weighted by molar-refractivity contribution is -0.143. The van der Waals surface area contributed by atoms with E-state index in [0.29, 0.717) is 11.6 Å². The Morgan fingerprint density at radius 1 is 1.28 bits per heavy atom. The highest BCUT2D eigenvalue weighted by molar-refractivity contribution is 6.10. The van der Waals surface area contributed by atoms with Gasteiger partial charge in [-0.3, -0.25) is 19.3 Å². The van der Waals surface area contributed by atoms with Gasteiger partial charge < -0.3 is 9.64 Å². The molecule has 1 aromatic rings. The quantitative estimate of drug-likeness (QED) is 0.599. The molecule has 4 atom stereocenters. The number of likely N-dealkylation sites (N-methyl/N-ethyl adjacent to an activating group) is 1. The number of fused-ring (bicyclic) bond motifs is 5. The van der Waals surface area contributed by atoms with Crippen LogP contribution in [-0.2, 0) is 14.4 Å². The van der Waals surface area contributed by atoms with Crippen molar-refractivity contribution in [2.24, 2.45) is 23.7 Å². The minimum absolute atomic E-state index is 0.141. The van der Waals surface area contributed by atoms with Crippen LogP contribution in [0.1, 0.15) is 6.42 Å². The van der Waals surface area contributed by atoms with Gasteiger partial charge in [0, 0.05) is 13.2 Å². The highest BCUT2D eigenvalue weighted by Crippen LogP contribution is 2.52. The summed E-state index contributed by atoms with van der Waals surface area (Å²) in [6, 6.07) is 3.40. The molecule has 0 radical (unpaired) electrons. The summed E-state index contributed by atoms with van der Waals surface area (Å²) in [6.07, 6.45) is 6.52. The summed E-state index contributed by atoms with van der Waals surface area (Å²) in [4.78, 5) is 44.5. The number of carbonyl (C=O) groups excluding carboxylic acids is 3. The molecular formula is C18H19N3O4. The number of likely N-dealkylation sites (tertiary alicyclic amines) is 1. The average Bonchev–Trinajstić information content (AvgIpc) is 3.31. The average molecular weight is 341 g/mol. The molecule has 0 spiro atoms. The van der Waals surface area contributed by atoms with Gasteiger partial charge >= 0.3 is 0 Å². The van der Waals surface area contributed by atoms with E-state index in [2.05, 4.69) is 4.98 Å². The molecule has 1 saturated carbocycles. The van der Waals surface area contributed by atoms with Crippen LogP contribution in [0, 0.1) is 23.7 Å². The van der Waals surface area contributed by atoms with E-state index in [1.54, 1.807) is 25.4 Å². The van der Waals surface area contributed by atoms with Crippen molar-refractivity contribution in [2.75, 3.05) is 25.6 Å². The van der Waals surface area contributed by atoms with Crippen LogP contribution < -0.4 is 9.64 Å². The van der Waals surface area contributed by atoms with Gasteiger partial charge in [-0.05, 0) is 30.4 Å². The maximum absolute atomic E-state index is 12.7. The van der Waals surface area contributed by atoms with E-state index in [0.717, 1.165) is 11.3 Å². The molecule has 130 valence electrons. The maximum atomic E-state index is 12.7. The predicted molar refractivity (Wildman–Crippen MR) is 88.6 cm³/mol. The van der Waals surface area contributed by atoms with Crippen molar-refractivity contribution in [3.8, 4) is 5.88 Å². The summed E-state index contributed by atoms with van der Waals surface area (Å²) in [5.74, 6) is -0.754. The first-order valence-corrected chi connectivity index (χ1v) is 8.32. The summed E-state index contributed by atoms with van der Waals surface area (Å²) >= 11 is 0. The Kier molecular flexibility index (Phi) is 3.59. The largest absolute Gasteiger partial charge is 0.480 e. The summed E-state index contributed by atoms with van der Waals surface area (Å²) < 4.78 is 5.17. The zero-order valence-corrected chi connectivity index (χ0v) is 14.1. The van der Waals surface area contributed by atoms with Crippen molar-refractivity contribution in [3.63, 3.8) is 0 Å². The summed E-state index contributed by atoms with van der Waals surface area (Å²) in [5, 5.41) is 0. The Morgan fingerprint density at radius 2 is 1.92 bits per heavy atom. The maximum Gasteiger partial charge on any atom is 0.247 e. The minimum Gasteiger partial charge on any atom is -0.480 e. The number of anilines is 1. The zero-order chi connectivity index (χ0) is 17.7. The molecule has 1 aliphatic heterocycles.